The van der Waals surface area contributed by atoms with Gasteiger partial charge in [0.2, 0.25) is 0 Å². The summed E-state index contributed by atoms with van der Waals surface area (Å²) in [5.74, 6) is -1.03. The van der Waals surface area contributed by atoms with Gasteiger partial charge in [-0.3, -0.25) is 4.90 Å². The summed E-state index contributed by atoms with van der Waals surface area (Å²) in [7, 11) is 0. The highest BCUT2D eigenvalue weighted by Gasteiger charge is 2.42. The molecule has 2 atom stereocenters. The van der Waals surface area contributed by atoms with Crippen LogP contribution >= 0.6 is 0 Å². The number of carboxylic acid groups (broad SMARTS) is 1. The molecule has 0 aliphatic carbocycles. The molecule has 0 aromatic carbocycles. The third-order valence-electron chi connectivity index (χ3n) is 2.64. The summed E-state index contributed by atoms with van der Waals surface area (Å²) in [5, 5.41) is 9.18. The Morgan fingerprint density at radius 1 is 1.32 bits per heavy atom. The number of hydrogen-bond donors (Lipinski definition) is 1. The Morgan fingerprint density at radius 3 is 2.32 bits per heavy atom. The van der Waals surface area contributed by atoms with E-state index in [-0.39, 0.29) is 18.8 Å². The summed E-state index contributed by atoms with van der Waals surface area (Å²) in [6.45, 7) is 9.26. The van der Waals surface area contributed by atoms with Crippen LogP contribution in [-0.4, -0.2) is 52.5 Å². The third-order valence-corrected chi connectivity index (χ3v) is 2.64. The maximum atomic E-state index is 12.0. The van der Waals surface area contributed by atoms with Gasteiger partial charge in [-0.05, 0) is 34.6 Å². The lowest BCUT2D eigenvalue weighted by molar-refractivity contribution is -0.142. The van der Waals surface area contributed by atoms with E-state index in [1.807, 2.05) is 13.8 Å². The molecule has 0 unspecified atom stereocenters. The van der Waals surface area contributed by atoms with Crippen LogP contribution in [0.25, 0.3) is 0 Å². The quantitative estimate of drug-likeness (QED) is 0.849. The van der Waals surface area contributed by atoms with Crippen molar-refractivity contribution in [3.05, 3.63) is 0 Å². The third kappa shape index (κ3) is 4.70. The van der Waals surface area contributed by atoms with E-state index < -0.39 is 23.7 Å². The van der Waals surface area contributed by atoms with E-state index >= 15 is 0 Å². The lowest BCUT2D eigenvalue weighted by atomic mass is 10.2. The minimum atomic E-state index is -1.03. The van der Waals surface area contributed by atoms with E-state index in [1.54, 1.807) is 20.8 Å². The topological polar surface area (TPSA) is 76.1 Å². The maximum Gasteiger partial charge on any atom is 0.411 e. The molecular weight excluding hydrogens is 250 g/mol. The molecular formula is C13H23NO5. The number of carboxylic acids is 1. The van der Waals surface area contributed by atoms with E-state index in [2.05, 4.69) is 0 Å². The molecule has 6 nitrogen and oxygen atoms in total. The van der Waals surface area contributed by atoms with Crippen LogP contribution in [0.5, 0.6) is 0 Å². The standard InChI is InChI=1S/C13H23NO5/c1-8(2)18-9-6-10(11(15)16)14(7-9)12(17)19-13(3,4)5/h8-10H,6-7H2,1-5H3,(H,15,16)/t9-,10+/m1/s1. The number of ether oxygens (including phenoxy) is 2. The van der Waals surface area contributed by atoms with Crippen molar-refractivity contribution in [3.8, 4) is 0 Å². The monoisotopic (exact) mass is 273 g/mol. The van der Waals surface area contributed by atoms with Gasteiger partial charge in [0.05, 0.1) is 18.8 Å². The maximum absolute atomic E-state index is 12.0. The summed E-state index contributed by atoms with van der Waals surface area (Å²) < 4.78 is 10.8. The Kier molecular flexibility index (Phi) is 4.79. The molecule has 0 saturated carbocycles. The first-order valence-electron chi connectivity index (χ1n) is 6.48. The molecule has 0 aromatic rings. The zero-order valence-electron chi connectivity index (χ0n) is 12.2. The average Bonchev–Trinajstić information content (AvgIpc) is 2.57. The highest BCUT2D eigenvalue weighted by Crippen LogP contribution is 2.24. The molecule has 1 saturated heterocycles. The second-order valence-corrected chi connectivity index (χ2v) is 6.03. The molecule has 1 rings (SSSR count). The molecule has 6 heteroatoms. The molecule has 1 amide bonds. The van der Waals surface area contributed by atoms with Gasteiger partial charge in [-0.2, -0.15) is 0 Å². The highest BCUT2D eigenvalue weighted by molar-refractivity contribution is 5.81. The van der Waals surface area contributed by atoms with E-state index in [0.717, 1.165) is 0 Å². The minimum absolute atomic E-state index is 0.00182. The van der Waals surface area contributed by atoms with E-state index in [1.165, 1.54) is 4.90 Å². The zero-order chi connectivity index (χ0) is 14.8. The van der Waals surface area contributed by atoms with Crippen LogP contribution in [0.2, 0.25) is 0 Å². The second kappa shape index (κ2) is 5.77. The van der Waals surface area contributed by atoms with Crippen molar-refractivity contribution in [1.82, 2.24) is 4.90 Å². The molecule has 1 aliphatic heterocycles. The Hall–Kier alpha value is -1.30. The van der Waals surface area contributed by atoms with Crippen LogP contribution in [0.3, 0.4) is 0 Å². The van der Waals surface area contributed by atoms with Gasteiger partial charge in [-0.15, -0.1) is 0 Å². The van der Waals surface area contributed by atoms with Gasteiger partial charge in [-0.25, -0.2) is 9.59 Å². The van der Waals surface area contributed by atoms with Gasteiger partial charge >= 0.3 is 12.1 Å². The van der Waals surface area contributed by atoms with Crippen molar-refractivity contribution < 1.29 is 24.2 Å². The summed E-state index contributed by atoms with van der Waals surface area (Å²) >= 11 is 0. The molecule has 1 heterocycles. The number of rotatable bonds is 3. The van der Waals surface area contributed by atoms with Crippen molar-refractivity contribution in [1.29, 1.82) is 0 Å². The summed E-state index contributed by atoms with van der Waals surface area (Å²) in [5.41, 5.74) is -0.642. The summed E-state index contributed by atoms with van der Waals surface area (Å²) in [4.78, 5) is 24.4. The predicted octanol–water partition coefficient (Wildman–Crippen LogP) is 1.87. The molecule has 0 spiro atoms. The first kappa shape index (κ1) is 15.8. The fraction of sp³-hybridized carbons (Fsp3) is 0.846. The van der Waals surface area contributed by atoms with Crippen LogP contribution in [-0.2, 0) is 14.3 Å². The van der Waals surface area contributed by atoms with Gasteiger partial charge in [0, 0.05) is 6.42 Å². The predicted molar refractivity (Wildman–Crippen MR) is 69.0 cm³/mol. The molecule has 0 bridgehead atoms. The van der Waals surface area contributed by atoms with Crippen LogP contribution in [0, 0.1) is 0 Å². The van der Waals surface area contributed by atoms with Gasteiger partial charge in [0.25, 0.3) is 0 Å². The van der Waals surface area contributed by atoms with Gasteiger partial charge in [0.1, 0.15) is 11.6 Å². The highest BCUT2D eigenvalue weighted by atomic mass is 16.6. The fourth-order valence-corrected chi connectivity index (χ4v) is 2.04. The number of aliphatic carboxylic acids is 1. The van der Waals surface area contributed by atoms with E-state index in [9.17, 15) is 14.7 Å². The van der Waals surface area contributed by atoms with Gasteiger partial charge in [0.15, 0.2) is 0 Å². The van der Waals surface area contributed by atoms with Crippen molar-refractivity contribution in [2.24, 2.45) is 0 Å². The number of nitrogens with zero attached hydrogens (tertiary/aromatic N) is 1. The Morgan fingerprint density at radius 2 is 1.89 bits per heavy atom. The largest absolute Gasteiger partial charge is 0.480 e. The summed E-state index contributed by atoms with van der Waals surface area (Å²) in [6.07, 6.45) is -0.561. The molecule has 1 aliphatic rings. The van der Waals surface area contributed by atoms with Crippen LogP contribution in [0.15, 0.2) is 0 Å². The van der Waals surface area contributed by atoms with Gasteiger partial charge < -0.3 is 14.6 Å². The van der Waals surface area contributed by atoms with Crippen LogP contribution in [0.4, 0.5) is 4.79 Å². The minimum Gasteiger partial charge on any atom is -0.480 e. The van der Waals surface area contributed by atoms with Crippen LogP contribution in [0.1, 0.15) is 41.0 Å². The lowest BCUT2D eigenvalue weighted by Gasteiger charge is -2.26. The first-order valence-corrected chi connectivity index (χ1v) is 6.48. The van der Waals surface area contributed by atoms with Crippen molar-refractivity contribution >= 4 is 12.1 Å². The second-order valence-electron chi connectivity index (χ2n) is 6.03. The number of likely N-dealkylation sites (tertiary alicyclic amines) is 1. The fourth-order valence-electron chi connectivity index (χ4n) is 2.04. The molecule has 110 valence electrons. The van der Waals surface area contributed by atoms with Crippen LogP contribution < -0.4 is 0 Å². The molecule has 1 fully saturated rings. The SMILES string of the molecule is CC(C)O[C@@H]1C[C@@H](C(=O)O)N(C(=O)OC(C)(C)C)C1. The van der Waals surface area contributed by atoms with E-state index in [0.29, 0.717) is 6.42 Å². The normalized spacial score (nSPS) is 23.8. The average molecular weight is 273 g/mol. The smallest absolute Gasteiger partial charge is 0.411 e. The molecule has 0 aromatic heterocycles. The Balaban J connectivity index is 2.74. The Labute approximate surface area is 113 Å². The number of carbonyl (C=O) groups is 2. The molecule has 0 radical (unpaired) electrons. The first-order chi connectivity index (χ1) is 8.60. The van der Waals surface area contributed by atoms with Gasteiger partial charge in [-0.1, -0.05) is 0 Å². The van der Waals surface area contributed by atoms with E-state index in [4.69, 9.17) is 9.47 Å². The number of hydrogen-bond acceptors (Lipinski definition) is 4. The van der Waals surface area contributed by atoms with Crippen molar-refractivity contribution in [3.63, 3.8) is 0 Å². The van der Waals surface area contributed by atoms with Crippen molar-refractivity contribution in [2.45, 2.75) is 64.9 Å². The Bertz CT molecular complexity index is 347. The lowest BCUT2D eigenvalue weighted by Crippen LogP contribution is -2.43. The zero-order valence-corrected chi connectivity index (χ0v) is 12.2. The number of carbonyl (C=O) groups excluding carboxylic acids is 1. The summed E-state index contributed by atoms with van der Waals surface area (Å²) in [6, 6.07) is -0.876. The molecule has 19 heavy (non-hydrogen) atoms. The number of amides is 1. The molecule has 1 N–H and O–H groups in total. The van der Waals surface area contributed by atoms with Crippen molar-refractivity contribution in [2.75, 3.05) is 6.54 Å².